The molecule has 2 aromatic rings. The van der Waals surface area contributed by atoms with E-state index in [0.717, 1.165) is 10.2 Å². The van der Waals surface area contributed by atoms with Crippen LogP contribution in [-0.4, -0.2) is 17.1 Å². The lowest BCUT2D eigenvalue weighted by Gasteiger charge is -2.10. The topological polar surface area (TPSA) is 73.1 Å². The Hall–Kier alpha value is -1.82. The van der Waals surface area contributed by atoms with Crippen LogP contribution in [0.15, 0.2) is 35.1 Å². The number of nitrogens with one attached hydrogen (secondary N) is 1. The first kappa shape index (κ1) is 11.7. The maximum Gasteiger partial charge on any atom is 0.242 e. The van der Waals surface area contributed by atoms with Crippen LogP contribution in [0.4, 0.5) is 17.2 Å². The fourth-order valence-electron chi connectivity index (χ4n) is 1.34. The molecule has 0 spiro atoms. The van der Waals surface area contributed by atoms with Gasteiger partial charge in [0.05, 0.1) is 7.11 Å². The number of nitrogens with two attached hydrogens (primary N) is 1. The smallest absolute Gasteiger partial charge is 0.242 e. The number of methoxy groups -OCH3 is 1. The molecule has 1 aromatic heterocycles. The molecule has 1 aromatic carbocycles. The van der Waals surface area contributed by atoms with Crippen LogP contribution in [0.1, 0.15) is 0 Å². The second-order valence-electron chi connectivity index (χ2n) is 3.28. The zero-order chi connectivity index (χ0) is 12.3. The highest BCUT2D eigenvalue weighted by Crippen LogP contribution is 2.27. The largest absolute Gasteiger partial charge is 0.479 e. The summed E-state index contributed by atoms with van der Waals surface area (Å²) in [5.41, 5.74) is 7.12. The summed E-state index contributed by atoms with van der Waals surface area (Å²) in [6.45, 7) is 0. The van der Waals surface area contributed by atoms with Crippen LogP contribution in [0.3, 0.4) is 0 Å². The molecule has 88 valence electrons. The maximum absolute atomic E-state index is 5.86. The van der Waals surface area contributed by atoms with Crippen molar-refractivity contribution in [3.05, 3.63) is 35.1 Å². The summed E-state index contributed by atoms with van der Waals surface area (Å²) in [4.78, 5) is 7.98. The average Bonchev–Trinajstić information content (AvgIpc) is 2.32. The molecule has 0 saturated carbocycles. The minimum atomic E-state index is 0.359. The van der Waals surface area contributed by atoms with Crippen molar-refractivity contribution in [3.63, 3.8) is 0 Å². The van der Waals surface area contributed by atoms with Crippen LogP contribution < -0.4 is 15.8 Å². The Morgan fingerprint density at radius 1 is 1.35 bits per heavy atom. The van der Waals surface area contributed by atoms with Crippen molar-refractivity contribution >= 4 is 33.1 Å². The highest BCUT2D eigenvalue weighted by Gasteiger charge is 2.08. The number of hydrogen-bond acceptors (Lipinski definition) is 5. The fraction of sp³-hybridized carbons (Fsp3) is 0.0909. The molecule has 0 bridgehead atoms. The SMILES string of the molecule is COc1ncnc(Nc2cccc(Br)c2)c1N. The van der Waals surface area contributed by atoms with Gasteiger partial charge in [0.15, 0.2) is 5.82 Å². The van der Waals surface area contributed by atoms with Crippen molar-refractivity contribution in [2.75, 3.05) is 18.2 Å². The number of rotatable bonds is 3. The van der Waals surface area contributed by atoms with Gasteiger partial charge in [0.2, 0.25) is 5.88 Å². The molecule has 3 N–H and O–H groups in total. The van der Waals surface area contributed by atoms with E-state index in [0.29, 0.717) is 17.4 Å². The summed E-state index contributed by atoms with van der Waals surface area (Å²) in [5, 5.41) is 3.10. The first-order valence-corrected chi connectivity index (χ1v) is 5.67. The molecule has 0 saturated heterocycles. The lowest BCUT2D eigenvalue weighted by Crippen LogP contribution is -2.03. The summed E-state index contributed by atoms with van der Waals surface area (Å²) in [6, 6.07) is 7.70. The van der Waals surface area contributed by atoms with Crippen molar-refractivity contribution in [2.45, 2.75) is 0 Å². The predicted molar refractivity (Wildman–Crippen MR) is 70.4 cm³/mol. The van der Waals surface area contributed by atoms with Crippen molar-refractivity contribution in [3.8, 4) is 5.88 Å². The molecule has 6 heteroatoms. The summed E-state index contributed by atoms with van der Waals surface area (Å²) in [7, 11) is 1.52. The Bertz CT molecular complexity index is 533. The molecule has 0 aliphatic rings. The van der Waals surface area contributed by atoms with Gasteiger partial charge in [-0.3, -0.25) is 0 Å². The van der Waals surface area contributed by atoms with Crippen LogP contribution in [0.25, 0.3) is 0 Å². The van der Waals surface area contributed by atoms with E-state index in [9.17, 15) is 0 Å². The van der Waals surface area contributed by atoms with E-state index in [-0.39, 0.29) is 0 Å². The molecular weight excluding hydrogens is 284 g/mol. The molecule has 17 heavy (non-hydrogen) atoms. The molecule has 0 aliphatic heterocycles. The van der Waals surface area contributed by atoms with Crippen LogP contribution in [0.5, 0.6) is 5.88 Å². The highest BCUT2D eigenvalue weighted by atomic mass is 79.9. The maximum atomic E-state index is 5.86. The average molecular weight is 295 g/mol. The van der Waals surface area contributed by atoms with E-state index in [2.05, 4.69) is 31.2 Å². The minimum absolute atomic E-state index is 0.359. The molecule has 0 unspecified atom stereocenters. The monoisotopic (exact) mass is 294 g/mol. The number of anilines is 3. The van der Waals surface area contributed by atoms with Crippen molar-refractivity contribution < 1.29 is 4.74 Å². The van der Waals surface area contributed by atoms with Crippen LogP contribution >= 0.6 is 15.9 Å². The first-order chi connectivity index (χ1) is 8.20. The Morgan fingerprint density at radius 2 is 2.18 bits per heavy atom. The normalized spacial score (nSPS) is 10.0. The lowest BCUT2D eigenvalue weighted by atomic mass is 10.3. The number of aromatic nitrogens is 2. The number of benzene rings is 1. The number of nitrogen functional groups attached to an aromatic ring is 1. The van der Waals surface area contributed by atoms with Gasteiger partial charge >= 0.3 is 0 Å². The summed E-state index contributed by atoms with van der Waals surface area (Å²) >= 11 is 3.39. The summed E-state index contributed by atoms with van der Waals surface area (Å²) in [5.74, 6) is 0.882. The Balaban J connectivity index is 2.30. The number of nitrogens with zero attached hydrogens (tertiary/aromatic N) is 2. The fourth-order valence-corrected chi connectivity index (χ4v) is 1.74. The molecule has 0 aliphatic carbocycles. The zero-order valence-corrected chi connectivity index (χ0v) is 10.7. The summed E-state index contributed by atoms with van der Waals surface area (Å²) < 4.78 is 6.00. The van der Waals surface area contributed by atoms with E-state index in [1.807, 2.05) is 24.3 Å². The highest BCUT2D eigenvalue weighted by molar-refractivity contribution is 9.10. The molecule has 0 radical (unpaired) electrons. The van der Waals surface area contributed by atoms with Gasteiger partial charge in [-0.1, -0.05) is 22.0 Å². The molecule has 0 atom stereocenters. The number of halogens is 1. The third-order valence-corrected chi connectivity index (χ3v) is 2.62. The van der Waals surface area contributed by atoms with Gasteiger partial charge in [-0.15, -0.1) is 0 Å². The molecule has 0 fully saturated rings. The Morgan fingerprint density at radius 3 is 2.88 bits per heavy atom. The van der Waals surface area contributed by atoms with Crippen LogP contribution in [0, 0.1) is 0 Å². The predicted octanol–water partition coefficient (Wildman–Crippen LogP) is 2.57. The van der Waals surface area contributed by atoms with Gasteiger partial charge in [-0.2, -0.15) is 4.98 Å². The molecule has 1 heterocycles. The van der Waals surface area contributed by atoms with Crippen LogP contribution in [-0.2, 0) is 0 Å². The van der Waals surface area contributed by atoms with E-state index >= 15 is 0 Å². The minimum Gasteiger partial charge on any atom is -0.479 e. The van der Waals surface area contributed by atoms with E-state index in [4.69, 9.17) is 10.5 Å². The molecule has 5 nitrogen and oxygen atoms in total. The third-order valence-electron chi connectivity index (χ3n) is 2.13. The molecule has 0 amide bonds. The van der Waals surface area contributed by atoms with E-state index < -0.39 is 0 Å². The van der Waals surface area contributed by atoms with Gasteiger partial charge in [0.1, 0.15) is 12.0 Å². The third kappa shape index (κ3) is 2.65. The zero-order valence-electron chi connectivity index (χ0n) is 9.14. The quantitative estimate of drug-likeness (QED) is 0.910. The Labute approximate surface area is 107 Å². The summed E-state index contributed by atoms with van der Waals surface area (Å²) in [6.07, 6.45) is 1.40. The molecule has 2 rings (SSSR count). The Kier molecular flexibility index (Phi) is 3.43. The number of ether oxygens (including phenoxy) is 1. The second-order valence-corrected chi connectivity index (χ2v) is 4.20. The number of hydrogen-bond donors (Lipinski definition) is 2. The first-order valence-electron chi connectivity index (χ1n) is 4.88. The van der Waals surface area contributed by atoms with Gasteiger partial charge in [0.25, 0.3) is 0 Å². The lowest BCUT2D eigenvalue weighted by molar-refractivity contribution is 0.399. The standard InChI is InChI=1S/C11H11BrN4O/c1-17-11-9(13)10(14-6-15-11)16-8-4-2-3-7(12)5-8/h2-6H,13H2,1H3,(H,14,15,16). The van der Waals surface area contributed by atoms with Crippen molar-refractivity contribution in [2.24, 2.45) is 0 Å². The van der Waals surface area contributed by atoms with Crippen LogP contribution in [0.2, 0.25) is 0 Å². The van der Waals surface area contributed by atoms with E-state index in [1.54, 1.807) is 0 Å². The molecular formula is C11H11BrN4O. The van der Waals surface area contributed by atoms with Gasteiger partial charge in [0, 0.05) is 10.2 Å². The second kappa shape index (κ2) is 5.01. The van der Waals surface area contributed by atoms with Gasteiger partial charge in [-0.25, -0.2) is 4.98 Å². The van der Waals surface area contributed by atoms with Gasteiger partial charge < -0.3 is 15.8 Å². The van der Waals surface area contributed by atoms with Gasteiger partial charge in [-0.05, 0) is 18.2 Å². The van der Waals surface area contributed by atoms with Crippen molar-refractivity contribution in [1.82, 2.24) is 9.97 Å². The van der Waals surface area contributed by atoms with E-state index in [1.165, 1.54) is 13.4 Å². The van der Waals surface area contributed by atoms with Crippen molar-refractivity contribution in [1.29, 1.82) is 0 Å².